The Morgan fingerprint density at radius 1 is 1.21 bits per heavy atom. The van der Waals surface area contributed by atoms with Crippen LogP contribution in [0.1, 0.15) is 42.8 Å². The maximum Gasteiger partial charge on any atom is 0.184 e. The fourth-order valence-corrected chi connectivity index (χ4v) is 3.64. The Bertz CT molecular complexity index is 806. The molecule has 2 aliphatic rings. The standard InChI is InChI=1S/C16H19FN4O3/c1-8-18-11-10-4-7-24-13(10)14(20-12(11)15(19-8)21-17)16(23)5-2-9(22)3-6-16/h9,22-23H,2-7H2,1H3,(H,18,19,21)/t9-,16-. The smallest absolute Gasteiger partial charge is 0.184 e. The zero-order valence-corrected chi connectivity index (χ0v) is 13.3. The maximum absolute atomic E-state index is 13.2. The zero-order valence-electron chi connectivity index (χ0n) is 13.3. The third-order valence-electron chi connectivity index (χ3n) is 4.91. The average Bonchev–Trinajstić information content (AvgIpc) is 3.06. The molecule has 3 heterocycles. The van der Waals surface area contributed by atoms with E-state index in [1.807, 2.05) is 0 Å². The van der Waals surface area contributed by atoms with E-state index in [0.29, 0.717) is 67.0 Å². The van der Waals surface area contributed by atoms with Crippen LogP contribution in [0.2, 0.25) is 0 Å². The minimum atomic E-state index is -1.19. The molecule has 0 radical (unpaired) electrons. The van der Waals surface area contributed by atoms with Crippen LogP contribution >= 0.6 is 0 Å². The van der Waals surface area contributed by atoms with Crippen molar-refractivity contribution < 1.29 is 19.4 Å². The SMILES string of the molecule is Cc1nc(NF)c2nc([C@]3(O)CC[C@H](O)CC3)c3c(c2n1)CCO3. The van der Waals surface area contributed by atoms with E-state index >= 15 is 0 Å². The summed E-state index contributed by atoms with van der Waals surface area (Å²) < 4.78 is 18.9. The van der Waals surface area contributed by atoms with Crippen LogP contribution in [0.3, 0.4) is 0 Å². The second kappa shape index (κ2) is 5.49. The second-order valence-electron chi connectivity index (χ2n) is 6.54. The van der Waals surface area contributed by atoms with Gasteiger partial charge in [-0.05, 0) is 32.6 Å². The molecule has 3 N–H and O–H groups in total. The summed E-state index contributed by atoms with van der Waals surface area (Å²) in [6, 6.07) is 0. The van der Waals surface area contributed by atoms with Gasteiger partial charge in [0.25, 0.3) is 0 Å². The van der Waals surface area contributed by atoms with Crippen LogP contribution in [0.15, 0.2) is 0 Å². The first kappa shape index (κ1) is 15.5. The van der Waals surface area contributed by atoms with E-state index in [-0.39, 0.29) is 5.82 Å². The first-order valence-corrected chi connectivity index (χ1v) is 8.13. The number of aryl methyl sites for hydroxylation is 1. The molecule has 2 aromatic heterocycles. The Hall–Kier alpha value is -2.06. The molecular formula is C16H19FN4O3. The van der Waals surface area contributed by atoms with E-state index in [2.05, 4.69) is 15.0 Å². The van der Waals surface area contributed by atoms with E-state index in [1.54, 1.807) is 12.5 Å². The first-order chi connectivity index (χ1) is 11.5. The summed E-state index contributed by atoms with van der Waals surface area (Å²) in [5, 5.41) is 20.8. The Balaban J connectivity index is 1.95. The third kappa shape index (κ3) is 2.29. The number of nitrogens with one attached hydrogen (secondary N) is 1. The molecule has 1 aliphatic carbocycles. The van der Waals surface area contributed by atoms with E-state index in [4.69, 9.17) is 4.74 Å². The predicted octanol–water partition coefficient (Wildman–Crippen LogP) is 1.69. The lowest BCUT2D eigenvalue weighted by Crippen LogP contribution is -2.34. The molecule has 0 saturated heterocycles. The molecule has 8 heteroatoms. The molecule has 24 heavy (non-hydrogen) atoms. The van der Waals surface area contributed by atoms with Gasteiger partial charge in [-0.15, -0.1) is 4.48 Å². The van der Waals surface area contributed by atoms with Gasteiger partial charge in [0.15, 0.2) is 5.82 Å². The number of nitrogens with zero attached hydrogens (tertiary/aromatic N) is 3. The molecule has 1 aliphatic heterocycles. The van der Waals surface area contributed by atoms with Crippen LogP contribution in [-0.4, -0.2) is 37.9 Å². The Labute approximate surface area is 137 Å². The van der Waals surface area contributed by atoms with E-state index in [9.17, 15) is 14.7 Å². The van der Waals surface area contributed by atoms with Crippen molar-refractivity contribution >= 4 is 16.9 Å². The monoisotopic (exact) mass is 334 g/mol. The largest absolute Gasteiger partial charge is 0.491 e. The molecule has 0 amide bonds. The highest BCUT2D eigenvalue weighted by Crippen LogP contribution is 2.45. The second-order valence-corrected chi connectivity index (χ2v) is 6.54. The molecule has 0 spiro atoms. The fourth-order valence-electron chi connectivity index (χ4n) is 3.64. The first-order valence-electron chi connectivity index (χ1n) is 8.13. The van der Waals surface area contributed by atoms with Crippen LogP contribution in [-0.2, 0) is 12.0 Å². The summed E-state index contributed by atoms with van der Waals surface area (Å²) in [5.74, 6) is 0.975. The molecule has 0 unspecified atom stereocenters. The number of aromatic nitrogens is 3. The van der Waals surface area contributed by atoms with Gasteiger partial charge in [0.1, 0.15) is 33.9 Å². The molecule has 4 rings (SSSR count). The van der Waals surface area contributed by atoms with Crippen molar-refractivity contribution in [3.05, 3.63) is 17.1 Å². The summed E-state index contributed by atoms with van der Waals surface area (Å²) >= 11 is 0. The van der Waals surface area contributed by atoms with E-state index < -0.39 is 11.7 Å². The number of aliphatic hydroxyl groups is 2. The number of hydrogen-bond donors (Lipinski definition) is 3. The number of rotatable bonds is 2. The molecular weight excluding hydrogens is 315 g/mol. The van der Waals surface area contributed by atoms with Crippen molar-refractivity contribution in [1.29, 1.82) is 0 Å². The fraction of sp³-hybridized carbons (Fsp3) is 0.562. The van der Waals surface area contributed by atoms with Crippen LogP contribution in [0.4, 0.5) is 10.3 Å². The average molecular weight is 334 g/mol. The van der Waals surface area contributed by atoms with Gasteiger partial charge in [-0.1, -0.05) is 0 Å². The molecule has 7 nitrogen and oxygen atoms in total. The number of aliphatic hydroxyl groups excluding tert-OH is 1. The van der Waals surface area contributed by atoms with Gasteiger partial charge in [0, 0.05) is 12.0 Å². The van der Waals surface area contributed by atoms with Crippen LogP contribution < -0.4 is 10.3 Å². The lowest BCUT2D eigenvalue weighted by Gasteiger charge is -2.34. The molecule has 2 aromatic rings. The summed E-state index contributed by atoms with van der Waals surface area (Å²) in [7, 11) is 0. The third-order valence-corrected chi connectivity index (χ3v) is 4.91. The number of pyridine rings is 1. The zero-order chi connectivity index (χ0) is 16.9. The highest BCUT2D eigenvalue weighted by atomic mass is 19.2. The lowest BCUT2D eigenvalue weighted by atomic mass is 9.80. The van der Waals surface area contributed by atoms with Crippen molar-refractivity contribution in [3.63, 3.8) is 0 Å². The maximum atomic E-state index is 13.2. The van der Waals surface area contributed by atoms with Gasteiger partial charge in [0.05, 0.1) is 12.7 Å². The molecule has 0 atom stereocenters. The highest BCUT2D eigenvalue weighted by molar-refractivity contribution is 5.89. The minimum Gasteiger partial charge on any atom is -0.491 e. The van der Waals surface area contributed by atoms with Gasteiger partial charge in [0.2, 0.25) is 0 Å². The van der Waals surface area contributed by atoms with Crippen LogP contribution in [0.5, 0.6) is 5.75 Å². The molecule has 0 bridgehead atoms. The summed E-state index contributed by atoms with van der Waals surface area (Å²) in [6.07, 6.45) is 1.96. The number of halogens is 1. The molecule has 0 aromatic carbocycles. The van der Waals surface area contributed by atoms with Crippen LogP contribution in [0.25, 0.3) is 11.0 Å². The van der Waals surface area contributed by atoms with E-state index in [1.165, 1.54) is 0 Å². The van der Waals surface area contributed by atoms with Crippen molar-refractivity contribution in [2.75, 3.05) is 12.1 Å². The van der Waals surface area contributed by atoms with Crippen molar-refractivity contribution in [2.24, 2.45) is 0 Å². The summed E-state index contributed by atoms with van der Waals surface area (Å²) in [4.78, 5) is 12.9. The predicted molar refractivity (Wildman–Crippen MR) is 84.4 cm³/mol. The van der Waals surface area contributed by atoms with E-state index in [0.717, 1.165) is 5.56 Å². The number of ether oxygens (including phenoxy) is 1. The molecule has 1 saturated carbocycles. The van der Waals surface area contributed by atoms with Gasteiger partial charge in [-0.2, -0.15) is 0 Å². The van der Waals surface area contributed by atoms with Crippen molar-refractivity contribution in [3.8, 4) is 5.75 Å². The number of anilines is 1. The van der Waals surface area contributed by atoms with Gasteiger partial charge >= 0.3 is 0 Å². The highest BCUT2D eigenvalue weighted by Gasteiger charge is 2.40. The number of fused-ring (bicyclic) bond motifs is 3. The Kier molecular flexibility index (Phi) is 3.54. The van der Waals surface area contributed by atoms with Gasteiger partial charge in [-0.25, -0.2) is 20.5 Å². The summed E-state index contributed by atoms with van der Waals surface area (Å²) in [6.45, 7) is 2.16. The Morgan fingerprint density at radius 2 is 1.96 bits per heavy atom. The van der Waals surface area contributed by atoms with Gasteiger partial charge in [-0.3, -0.25) is 0 Å². The topological polar surface area (TPSA) is 100 Å². The van der Waals surface area contributed by atoms with Crippen molar-refractivity contribution in [1.82, 2.24) is 15.0 Å². The molecule has 128 valence electrons. The van der Waals surface area contributed by atoms with Crippen molar-refractivity contribution in [2.45, 2.75) is 50.7 Å². The quantitative estimate of drug-likeness (QED) is 0.719. The minimum absolute atomic E-state index is 0.00658. The van der Waals surface area contributed by atoms with Gasteiger partial charge < -0.3 is 14.9 Å². The number of hydrogen-bond acceptors (Lipinski definition) is 7. The Morgan fingerprint density at radius 3 is 2.67 bits per heavy atom. The van der Waals surface area contributed by atoms with Crippen LogP contribution in [0, 0.1) is 6.92 Å². The molecule has 1 fully saturated rings. The summed E-state index contributed by atoms with van der Waals surface area (Å²) in [5.41, 5.74) is 2.46. The lowest BCUT2D eigenvalue weighted by molar-refractivity contribution is -0.0404. The normalized spacial score (nSPS) is 26.2.